The molecule has 0 saturated heterocycles. The fourth-order valence-electron chi connectivity index (χ4n) is 1.82. The van der Waals surface area contributed by atoms with Gasteiger partial charge >= 0.3 is 6.18 Å². The maximum atomic E-state index is 11.8. The van der Waals surface area contributed by atoms with Crippen molar-refractivity contribution >= 4 is 0 Å². The molecule has 0 spiro atoms. The normalized spacial score (nSPS) is 18.5. The largest absolute Gasteiger partial charge is 0.491 e. The maximum absolute atomic E-state index is 11.8. The quantitative estimate of drug-likeness (QED) is 0.825. The summed E-state index contributed by atoms with van der Waals surface area (Å²) in [6.45, 7) is -0.318. The molecule has 0 aromatic heterocycles. The first-order chi connectivity index (χ1) is 8.56. The lowest BCUT2D eigenvalue weighted by Gasteiger charge is -2.12. The lowest BCUT2D eigenvalue weighted by molar-refractivity contribution is -0.173. The average Bonchev–Trinajstić information content (AvgIpc) is 2.71. The Morgan fingerprint density at radius 1 is 1.33 bits per heavy atom. The molecule has 18 heavy (non-hydrogen) atoms. The molecule has 0 fully saturated rings. The van der Waals surface area contributed by atoms with Gasteiger partial charge in [-0.05, 0) is 6.07 Å². The second kappa shape index (κ2) is 5.58. The van der Waals surface area contributed by atoms with Gasteiger partial charge in [-0.1, -0.05) is 18.2 Å². The average molecular weight is 261 g/mol. The van der Waals surface area contributed by atoms with Gasteiger partial charge in [0.05, 0.1) is 12.6 Å². The molecule has 1 aliphatic heterocycles. The van der Waals surface area contributed by atoms with E-state index in [0.29, 0.717) is 13.2 Å². The zero-order valence-electron chi connectivity index (χ0n) is 9.67. The predicted octanol–water partition coefficient (Wildman–Crippen LogP) is 2.29. The zero-order chi connectivity index (χ0) is 13.0. The lowest BCUT2D eigenvalue weighted by Crippen LogP contribution is -2.28. The number of fused-ring (bicyclic) bond motifs is 1. The van der Waals surface area contributed by atoms with Crippen molar-refractivity contribution in [3.05, 3.63) is 29.8 Å². The second-order valence-electron chi connectivity index (χ2n) is 4.02. The van der Waals surface area contributed by atoms with Crippen molar-refractivity contribution in [2.45, 2.75) is 12.2 Å². The SMILES string of the molecule is FC(F)(F)COCCNC1COc2ccccc21. The van der Waals surface area contributed by atoms with E-state index >= 15 is 0 Å². The Morgan fingerprint density at radius 2 is 2.11 bits per heavy atom. The molecular formula is C12H14F3NO2. The van der Waals surface area contributed by atoms with Crippen LogP contribution in [0.3, 0.4) is 0 Å². The highest BCUT2D eigenvalue weighted by molar-refractivity contribution is 5.39. The number of ether oxygens (including phenoxy) is 2. The zero-order valence-corrected chi connectivity index (χ0v) is 9.67. The van der Waals surface area contributed by atoms with Gasteiger partial charge in [-0.15, -0.1) is 0 Å². The molecule has 0 saturated carbocycles. The Hall–Kier alpha value is -1.27. The van der Waals surface area contributed by atoms with E-state index in [1.165, 1.54) is 0 Å². The van der Waals surface area contributed by atoms with E-state index in [9.17, 15) is 13.2 Å². The van der Waals surface area contributed by atoms with Gasteiger partial charge in [-0.2, -0.15) is 13.2 Å². The highest BCUT2D eigenvalue weighted by Gasteiger charge is 2.27. The van der Waals surface area contributed by atoms with Crippen LogP contribution in [-0.4, -0.2) is 32.5 Å². The molecular weight excluding hydrogens is 247 g/mol. The van der Waals surface area contributed by atoms with E-state index in [-0.39, 0.29) is 12.6 Å². The van der Waals surface area contributed by atoms with E-state index in [1.54, 1.807) is 0 Å². The third-order valence-electron chi connectivity index (χ3n) is 2.60. The first-order valence-corrected chi connectivity index (χ1v) is 5.66. The highest BCUT2D eigenvalue weighted by atomic mass is 19.4. The van der Waals surface area contributed by atoms with Gasteiger partial charge in [0.15, 0.2) is 0 Å². The van der Waals surface area contributed by atoms with Crippen molar-refractivity contribution in [3.63, 3.8) is 0 Å². The molecule has 100 valence electrons. The van der Waals surface area contributed by atoms with Gasteiger partial charge in [0.1, 0.15) is 19.0 Å². The molecule has 1 N–H and O–H groups in total. The number of nitrogens with one attached hydrogen (secondary N) is 1. The van der Waals surface area contributed by atoms with E-state index < -0.39 is 12.8 Å². The Balaban J connectivity index is 1.70. The van der Waals surface area contributed by atoms with Crippen LogP contribution in [-0.2, 0) is 4.74 Å². The van der Waals surface area contributed by atoms with Crippen LogP contribution >= 0.6 is 0 Å². The second-order valence-corrected chi connectivity index (χ2v) is 4.02. The molecule has 1 aliphatic rings. The molecule has 0 aliphatic carbocycles. The molecule has 2 rings (SSSR count). The number of alkyl halides is 3. The van der Waals surface area contributed by atoms with Crippen LogP contribution in [0.2, 0.25) is 0 Å². The van der Waals surface area contributed by atoms with Crippen LogP contribution < -0.4 is 10.1 Å². The minimum atomic E-state index is -4.26. The summed E-state index contributed by atoms with van der Waals surface area (Å²) < 4.78 is 45.4. The summed E-state index contributed by atoms with van der Waals surface area (Å²) in [5.41, 5.74) is 1.04. The highest BCUT2D eigenvalue weighted by Crippen LogP contribution is 2.31. The third kappa shape index (κ3) is 3.61. The summed E-state index contributed by atoms with van der Waals surface area (Å²) in [6, 6.07) is 7.62. The van der Waals surface area contributed by atoms with E-state index in [2.05, 4.69) is 10.1 Å². The van der Waals surface area contributed by atoms with Gasteiger partial charge in [0.2, 0.25) is 0 Å². The first kappa shape index (κ1) is 13.2. The minimum absolute atomic E-state index is 0.0238. The first-order valence-electron chi connectivity index (χ1n) is 5.66. The van der Waals surface area contributed by atoms with E-state index in [1.807, 2.05) is 24.3 Å². The van der Waals surface area contributed by atoms with Crippen molar-refractivity contribution in [1.29, 1.82) is 0 Å². The number of hydrogen-bond acceptors (Lipinski definition) is 3. The summed E-state index contributed by atoms with van der Waals surface area (Å²) in [5, 5.41) is 3.11. The van der Waals surface area contributed by atoms with Crippen LogP contribution in [0.5, 0.6) is 5.75 Å². The number of benzene rings is 1. The summed E-state index contributed by atoms with van der Waals surface area (Å²) in [6.07, 6.45) is -4.26. The minimum Gasteiger partial charge on any atom is -0.491 e. The van der Waals surface area contributed by atoms with Crippen molar-refractivity contribution in [2.75, 3.05) is 26.4 Å². The van der Waals surface area contributed by atoms with Crippen LogP contribution in [0.4, 0.5) is 13.2 Å². The number of rotatable bonds is 5. The smallest absolute Gasteiger partial charge is 0.411 e. The topological polar surface area (TPSA) is 30.5 Å². The summed E-state index contributed by atoms with van der Waals surface area (Å²) in [7, 11) is 0. The van der Waals surface area contributed by atoms with Crippen LogP contribution in [0.25, 0.3) is 0 Å². The molecule has 1 unspecified atom stereocenters. The molecule has 1 aromatic rings. The Morgan fingerprint density at radius 3 is 2.89 bits per heavy atom. The van der Waals surface area contributed by atoms with Crippen molar-refractivity contribution in [1.82, 2.24) is 5.32 Å². The molecule has 1 heterocycles. The van der Waals surface area contributed by atoms with E-state index in [4.69, 9.17) is 4.74 Å². The Labute approximate surface area is 103 Å². The predicted molar refractivity (Wildman–Crippen MR) is 59.6 cm³/mol. The van der Waals surface area contributed by atoms with E-state index in [0.717, 1.165) is 11.3 Å². The summed E-state index contributed by atoms with van der Waals surface area (Å²) in [4.78, 5) is 0. The van der Waals surface area contributed by atoms with Crippen LogP contribution in [0, 0.1) is 0 Å². The maximum Gasteiger partial charge on any atom is 0.411 e. The fraction of sp³-hybridized carbons (Fsp3) is 0.500. The van der Waals surface area contributed by atoms with Gasteiger partial charge in [-0.25, -0.2) is 0 Å². The van der Waals surface area contributed by atoms with Crippen molar-refractivity contribution in [3.8, 4) is 5.75 Å². The summed E-state index contributed by atoms with van der Waals surface area (Å²) >= 11 is 0. The standard InChI is InChI=1S/C12H14F3NO2/c13-12(14,15)8-17-6-5-16-10-7-18-11-4-2-1-3-9(10)11/h1-4,10,16H,5-8H2. The Bertz CT molecular complexity index is 395. The van der Waals surface area contributed by atoms with Gasteiger partial charge in [-0.3, -0.25) is 0 Å². The molecule has 0 radical (unpaired) electrons. The van der Waals surface area contributed by atoms with Crippen molar-refractivity contribution < 1.29 is 22.6 Å². The third-order valence-corrected chi connectivity index (χ3v) is 2.60. The van der Waals surface area contributed by atoms with Crippen LogP contribution in [0.15, 0.2) is 24.3 Å². The van der Waals surface area contributed by atoms with Crippen LogP contribution in [0.1, 0.15) is 11.6 Å². The molecule has 3 nitrogen and oxygen atoms in total. The number of hydrogen-bond donors (Lipinski definition) is 1. The lowest BCUT2D eigenvalue weighted by atomic mass is 10.1. The van der Waals surface area contributed by atoms with Gasteiger partial charge in [0.25, 0.3) is 0 Å². The number of para-hydroxylation sites is 1. The molecule has 6 heteroatoms. The molecule has 0 bridgehead atoms. The Kier molecular flexibility index (Phi) is 4.08. The molecule has 1 atom stereocenters. The van der Waals surface area contributed by atoms with Gasteiger partial charge in [0, 0.05) is 12.1 Å². The molecule has 0 amide bonds. The van der Waals surface area contributed by atoms with Gasteiger partial charge < -0.3 is 14.8 Å². The monoisotopic (exact) mass is 261 g/mol. The van der Waals surface area contributed by atoms with Crippen molar-refractivity contribution in [2.24, 2.45) is 0 Å². The number of halogens is 3. The summed E-state index contributed by atoms with van der Waals surface area (Å²) in [5.74, 6) is 0.825. The molecule has 1 aromatic carbocycles. The fourth-order valence-corrected chi connectivity index (χ4v) is 1.82.